The van der Waals surface area contributed by atoms with Crippen LogP contribution in [-0.4, -0.2) is 85.8 Å². The fraction of sp³-hybridized carbons (Fsp3) is 0.714. The fourth-order valence-corrected chi connectivity index (χ4v) is 3.17. The predicted molar refractivity (Wildman–Crippen MR) is 94.0 cm³/mol. The van der Waals surface area contributed by atoms with Crippen molar-refractivity contribution in [2.45, 2.75) is 30.6 Å². The van der Waals surface area contributed by atoms with E-state index in [4.69, 9.17) is 27.9 Å². The van der Waals surface area contributed by atoms with Crippen LogP contribution in [0.4, 0.5) is 5.69 Å². The van der Waals surface area contributed by atoms with Crippen molar-refractivity contribution in [1.29, 1.82) is 0 Å². The lowest BCUT2D eigenvalue weighted by Gasteiger charge is -2.40. The summed E-state index contributed by atoms with van der Waals surface area (Å²) in [5.41, 5.74) is -1.49. The number of H-pyrrole nitrogens is 1. The molecule has 5 N–H and O–H groups in total. The van der Waals surface area contributed by atoms with E-state index in [-0.39, 0.29) is 30.5 Å². The molecular formula is C14H21Cl2N3O7. The number of nitrogens with one attached hydrogen (secondary N) is 1. The van der Waals surface area contributed by atoms with Crippen molar-refractivity contribution in [3.05, 3.63) is 27.0 Å². The van der Waals surface area contributed by atoms with Crippen molar-refractivity contribution in [3.8, 4) is 0 Å². The maximum atomic E-state index is 12.2. The van der Waals surface area contributed by atoms with Gasteiger partial charge >= 0.3 is 5.69 Å². The number of alkyl halides is 2. The number of hydrogen-bond acceptors (Lipinski definition) is 8. The third-order valence-corrected chi connectivity index (χ3v) is 4.48. The number of hydrogen-bond donors (Lipinski definition) is 5. The number of aromatic amines is 1. The van der Waals surface area contributed by atoms with Crippen LogP contribution >= 0.6 is 23.2 Å². The minimum absolute atomic E-state index is 0.0721. The van der Waals surface area contributed by atoms with Gasteiger partial charge in [0.05, 0.1) is 6.61 Å². The second-order valence-corrected chi connectivity index (χ2v) is 6.52. The van der Waals surface area contributed by atoms with Gasteiger partial charge in [0.1, 0.15) is 30.1 Å². The number of ether oxygens (including phenoxy) is 1. The number of nitrogens with zero attached hydrogens (tertiary/aromatic N) is 2. The minimum Gasteiger partial charge on any atom is -0.394 e. The van der Waals surface area contributed by atoms with Crippen LogP contribution in [0.2, 0.25) is 0 Å². The molecule has 1 saturated heterocycles. The average Bonchev–Trinajstić information content (AvgIpc) is 2.61. The zero-order valence-electron chi connectivity index (χ0n) is 13.7. The normalized spacial score (nSPS) is 28.9. The number of aliphatic hydroxyl groups excluding tert-OH is 4. The van der Waals surface area contributed by atoms with Crippen molar-refractivity contribution in [2.24, 2.45) is 0 Å². The van der Waals surface area contributed by atoms with Crippen LogP contribution in [0.1, 0.15) is 6.23 Å². The van der Waals surface area contributed by atoms with E-state index in [1.54, 1.807) is 4.90 Å². The third-order valence-electron chi connectivity index (χ3n) is 4.14. The number of anilines is 1. The van der Waals surface area contributed by atoms with Crippen LogP contribution in [0.25, 0.3) is 0 Å². The van der Waals surface area contributed by atoms with Gasteiger partial charge in [0.15, 0.2) is 6.23 Å². The molecule has 1 aromatic heterocycles. The predicted octanol–water partition coefficient (Wildman–Crippen LogP) is -2.21. The minimum atomic E-state index is -1.67. The number of aromatic nitrogens is 2. The molecule has 12 heteroatoms. The molecule has 1 fully saturated rings. The van der Waals surface area contributed by atoms with Crippen LogP contribution in [-0.2, 0) is 4.74 Å². The van der Waals surface area contributed by atoms with Gasteiger partial charge in [-0.2, -0.15) is 0 Å². The van der Waals surface area contributed by atoms with Gasteiger partial charge in [0.2, 0.25) is 0 Å². The molecule has 5 atom stereocenters. The van der Waals surface area contributed by atoms with Gasteiger partial charge in [-0.3, -0.25) is 14.3 Å². The molecule has 0 aromatic carbocycles. The summed E-state index contributed by atoms with van der Waals surface area (Å²) < 4.78 is 6.24. The van der Waals surface area contributed by atoms with Crippen molar-refractivity contribution in [2.75, 3.05) is 36.4 Å². The first-order valence-electron chi connectivity index (χ1n) is 7.88. The van der Waals surface area contributed by atoms with Gasteiger partial charge in [-0.25, -0.2) is 4.79 Å². The van der Waals surface area contributed by atoms with Crippen molar-refractivity contribution in [3.63, 3.8) is 0 Å². The van der Waals surface area contributed by atoms with E-state index in [0.717, 1.165) is 10.8 Å². The Morgan fingerprint density at radius 1 is 1.12 bits per heavy atom. The molecule has 2 rings (SSSR count). The highest BCUT2D eigenvalue weighted by molar-refractivity contribution is 6.18. The first-order valence-corrected chi connectivity index (χ1v) is 8.95. The molecule has 10 nitrogen and oxygen atoms in total. The molecule has 2 heterocycles. The first-order chi connectivity index (χ1) is 12.3. The van der Waals surface area contributed by atoms with Crippen molar-refractivity contribution >= 4 is 28.9 Å². The summed E-state index contributed by atoms with van der Waals surface area (Å²) in [7, 11) is 0. The standard InChI is InChI=1S/C14H21Cl2N3O7/c15-1-3-18(4-2-16)7-5-19(14(25)17-12(7)24)13-11(23)10(22)9(21)8(6-20)26-13/h5,8-11,13,20-23H,1-4,6H2,(H,17,24,25)/t8-,9-,10+,11-,13-/m1/s1. The van der Waals surface area contributed by atoms with Crippen LogP contribution in [0, 0.1) is 0 Å². The second-order valence-electron chi connectivity index (χ2n) is 5.77. The molecule has 0 saturated carbocycles. The van der Waals surface area contributed by atoms with E-state index in [0.29, 0.717) is 0 Å². The van der Waals surface area contributed by atoms with E-state index in [1.807, 2.05) is 0 Å². The molecule has 1 aliphatic heterocycles. The Morgan fingerprint density at radius 2 is 1.73 bits per heavy atom. The molecule has 0 bridgehead atoms. The van der Waals surface area contributed by atoms with Crippen LogP contribution in [0.3, 0.4) is 0 Å². The highest BCUT2D eigenvalue weighted by atomic mass is 35.5. The number of halogens is 2. The quantitative estimate of drug-likeness (QED) is 0.316. The summed E-state index contributed by atoms with van der Waals surface area (Å²) in [6.45, 7) is -0.0779. The summed E-state index contributed by atoms with van der Waals surface area (Å²) >= 11 is 11.5. The molecule has 0 radical (unpaired) electrons. The van der Waals surface area contributed by atoms with Crippen molar-refractivity contribution in [1.82, 2.24) is 9.55 Å². The van der Waals surface area contributed by atoms with Crippen LogP contribution < -0.4 is 16.1 Å². The Hall–Kier alpha value is -1.14. The molecule has 0 unspecified atom stereocenters. The lowest BCUT2D eigenvalue weighted by molar-refractivity contribution is -0.252. The largest absolute Gasteiger partial charge is 0.394 e. The highest BCUT2D eigenvalue weighted by Gasteiger charge is 2.44. The van der Waals surface area contributed by atoms with E-state index < -0.39 is 48.5 Å². The Bertz CT molecular complexity index is 705. The van der Waals surface area contributed by atoms with E-state index in [9.17, 15) is 30.0 Å². The molecule has 0 amide bonds. The maximum absolute atomic E-state index is 12.2. The SMILES string of the molecule is O=c1[nH]c(=O)n([C@@H]2O[C@H](CO)[C@@H](O)[C@H](O)[C@H]2O)cc1N(CCCl)CCCl. The summed E-state index contributed by atoms with van der Waals surface area (Å²) in [6, 6.07) is 0. The average molecular weight is 414 g/mol. The van der Waals surface area contributed by atoms with Crippen molar-refractivity contribution < 1.29 is 25.2 Å². The Kier molecular flexibility index (Phi) is 7.47. The van der Waals surface area contributed by atoms with Gasteiger partial charge in [0.25, 0.3) is 5.56 Å². The summed E-state index contributed by atoms with van der Waals surface area (Å²) in [5.74, 6) is 0.408. The van der Waals surface area contributed by atoms with E-state index >= 15 is 0 Å². The maximum Gasteiger partial charge on any atom is 0.330 e. The number of aliphatic hydroxyl groups is 4. The van der Waals surface area contributed by atoms with Gasteiger partial charge in [-0.15, -0.1) is 23.2 Å². The lowest BCUT2D eigenvalue weighted by atomic mass is 9.98. The van der Waals surface area contributed by atoms with E-state index in [2.05, 4.69) is 4.98 Å². The van der Waals surface area contributed by atoms with Gasteiger partial charge in [-0.1, -0.05) is 0 Å². The summed E-state index contributed by atoms with van der Waals surface area (Å²) in [4.78, 5) is 28.0. The molecule has 1 aromatic rings. The summed E-state index contributed by atoms with van der Waals surface area (Å²) in [5, 5.41) is 39.2. The molecule has 0 aliphatic carbocycles. The van der Waals surface area contributed by atoms with Crippen LogP contribution in [0.15, 0.2) is 15.8 Å². The zero-order chi connectivity index (χ0) is 19.4. The Morgan fingerprint density at radius 3 is 2.27 bits per heavy atom. The molecule has 26 heavy (non-hydrogen) atoms. The van der Waals surface area contributed by atoms with Crippen LogP contribution in [0.5, 0.6) is 0 Å². The third kappa shape index (κ3) is 4.22. The van der Waals surface area contributed by atoms with E-state index in [1.165, 1.54) is 0 Å². The Labute approximate surface area is 158 Å². The van der Waals surface area contributed by atoms with Gasteiger partial charge in [0, 0.05) is 31.0 Å². The molecule has 1 aliphatic rings. The zero-order valence-corrected chi connectivity index (χ0v) is 15.2. The van der Waals surface area contributed by atoms with Gasteiger partial charge < -0.3 is 30.1 Å². The van der Waals surface area contributed by atoms with Gasteiger partial charge in [-0.05, 0) is 0 Å². The fourth-order valence-electron chi connectivity index (χ4n) is 2.76. The molecular weight excluding hydrogens is 393 g/mol. The highest BCUT2D eigenvalue weighted by Crippen LogP contribution is 2.27. The summed E-state index contributed by atoms with van der Waals surface area (Å²) in [6.07, 6.45) is -6.35. The lowest BCUT2D eigenvalue weighted by Crippen LogP contribution is -2.58. The topological polar surface area (TPSA) is 148 Å². The smallest absolute Gasteiger partial charge is 0.330 e. The monoisotopic (exact) mass is 413 g/mol. The Balaban J connectivity index is 2.47. The second kappa shape index (κ2) is 9.18. The number of rotatable bonds is 7. The molecule has 148 valence electrons. The first kappa shape index (κ1) is 21.2. The molecule has 0 spiro atoms.